The molecule has 1 aromatic heterocycles. The zero-order valence-corrected chi connectivity index (χ0v) is 18.6. The van der Waals surface area contributed by atoms with Crippen molar-refractivity contribution in [2.24, 2.45) is 0 Å². The molecule has 1 heterocycles. The fraction of sp³-hybridized carbons (Fsp3) is 0.200. The third-order valence-corrected chi connectivity index (χ3v) is 5.05. The number of nitrogens with zero attached hydrogens (tertiary/aromatic N) is 2. The molecule has 0 saturated carbocycles. The van der Waals surface area contributed by atoms with Crippen LogP contribution in [0.5, 0.6) is 5.75 Å². The van der Waals surface area contributed by atoms with Crippen LogP contribution in [0.4, 0.5) is 5.69 Å². The van der Waals surface area contributed by atoms with E-state index in [1.807, 2.05) is 0 Å². The van der Waals surface area contributed by atoms with E-state index in [4.69, 9.17) is 37.1 Å². The highest BCUT2D eigenvalue weighted by atomic mass is 35.5. The Morgan fingerprint density at radius 1 is 1.13 bits per heavy atom. The fourth-order valence-corrected chi connectivity index (χ4v) is 3.36. The van der Waals surface area contributed by atoms with Gasteiger partial charge in [-0.25, -0.2) is 4.79 Å². The standard InChI is InChI=1S/C20H17Cl2N3O5S/c1-2-28-19(27)12-3-6-14(7-4-12)23-17(26)11-31-20-25-24-18(30-20)10-29-16-8-5-13(21)9-15(16)22/h3-9H,2,10-11H2,1H3,(H,23,26). The molecule has 0 saturated heterocycles. The lowest BCUT2D eigenvalue weighted by atomic mass is 10.2. The molecule has 3 rings (SSSR count). The first kappa shape index (κ1) is 22.9. The van der Waals surface area contributed by atoms with Gasteiger partial charge in [0.1, 0.15) is 5.75 Å². The Hall–Kier alpha value is -2.75. The molecule has 3 aromatic rings. The minimum Gasteiger partial charge on any atom is -0.482 e. The predicted molar refractivity (Wildman–Crippen MR) is 117 cm³/mol. The second-order valence-electron chi connectivity index (χ2n) is 5.96. The van der Waals surface area contributed by atoms with Crippen LogP contribution in [0, 0.1) is 0 Å². The molecule has 31 heavy (non-hydrogen) atoms. The molecule has 11 heteroatoms. The van der Waals surface area contributed by atoms with Crippen molar-refractivity contribution in [1.29, 1.82) is 0 Å². The molecule has 1 amide bonds. The first-order valence-corrected chi connectivity index (χ1v) is 10.8. The number of anilines is 1. The van der Waals surface area contributed by atoms with Gasteiger partial charge in [0.15, 0.2) is 6.61 Å². The van der Waals surface area contributed by atoms with Gasteiger partial charge in [0, 0.05) is 10.7 Å². The van der Waals surface area contributed by atoms with Crippen molar-refractivity contribution >= 4 is 52.5 Å². The molecule has 0 radical (unpaired) electrons. The van der Waals surface area contributed by atoms with Gasteiger partial charge in [0.25, 0.3) is 11.1 Å². The highest BCUT2D eigenvalue weighted by Crippen LogP contribution is 2.28. The van der Waals surface area contributed by atoms with E-state index in [1.54, 1.807) is 49.4 Å². The largest absolute Gasteiger partial charge is 0.482 e. The van der Waals surface area contributed by atoms with Gasteiger partial charge in [-0.05, 0) is 49.4 Å². The van der Waals surface area contributed by atoms with Crippen molar-refractivity contribution in [3.05, 3.63) is 64.0 Å². The summed E-state index contributed by atoms with van der Waals surface area (Å²) in [6.07, 6.45) is 0. The third-order valence-electron chi connectivity index (χ3n) is 3.70. The van der Waals surface area contributed by atoms with Crippen LogP contribution in [-0.2, 0) is 16.1 Å². The topological polar surface area (TPSA) is 104 Å². The molecule has 0 fully saturated rings. The Bertz CT molecular complexity index is 1060. The maximum Gasteiger partial charge on any atom is 0.338 e. The van der Waals surface area contributed by atoms with Crippen LogP contribution in [0.15, 0.2) is 52.1 Å². The van der Waals surface area contributed by atoms with Crippen molar-refractivity contribution in [1.82, 2.24) is 10.2 Å². The van der Waals surface area contributed by atoms with Gasteiger partial charge < -0.3 is 19.2 Å². The normalized spacial score (nSPS) is 10.5. The van der Waals surface area contributed by atoms with Crippen LogP contribution < -0.4 is 10.1 Å². The van der Waals surface area contributed by atoms with Crippen molar-refractivity contribution in [3.63, 3.8) is 0 Å². The summed E-state index contributed by atoms with van der Waals surface area (Å²) in [4.78, 5) is 23.8. The molecule has 1 N–H and O–H groups in total. The summed E-state index contributed by atoms with van der Waals surface area (Å²) in [6, 6.07) is 11.3. The number of rotatable bonds is 9. The number of benzene rings is 2. The van der Waals surface area contributed by atoms with Gasteiger partial charge >= 0.3 is 5.97 Å². The number of halogens is 2. The molecule has 0 aliphatic heterocycles. The fourth-order valence-electron chi connectivity index (χ4n) is 2.32. The zero-order valence-electron chi connectivity index (χ0n) is 16.3. The van der Waals surface area contributed by atoms with Crippen LogP contribution in [-0.4, -0.2) is 34.4 Å². The van der Waals surface area contributed by atoms with E-state index in [9.17, 15) is 9.59 Å². The summed E-state index contributed by atoms with van der Waals surface area (Å²) in [7, 11) is 0. The predicted octanol–water partition coefficient (Wildman–Crippen LogP) is 4.86. The molecule has 0 aliphatic rings. The highest BCUT2D eigenvalue weighted by molar-refractivity contribution is 7.99. The number of carbonyl (C=O) groups is 2. The second-order valence-corrected chi connectivity index (χ2v) is 7.73. The van der Waals surface area contributed by atoms with Crippen LogP contribution in [0.1, 0.15) is 23.2 Å². The van der Waals surface area contributed by atoms with Crippen LogP contribution >= 0.6 is 35.0 Å². The van der Waals surface area contributed by atoms with Crippen molar-refractivity contribution in [2.75, 3.05) is 17.7 Å². The van der Waals surface area contributed by atoms with E-state index >= 15 is 0 Å². The van der Waals surface area contributed by atoms with E-state index in [0.717, 1.165) is 11.8 Å². The Labute approximate surface area is 192 Å². The van der Waals surface area contributed by atoms with Gasteiger partial charge in [-0.2, -0.15) is 0 Å². The first-order valence-electron chi connectivity index (χ1n) is 9.04. The van der Waals surface area contributed by atoms with Crippen LogP contribution in [0.25, 0.3) is 0 Å². The molecule has 0 aliphatic carbocycles. The number of amides is 1. The first-order chi connectivity index (χ1) is 14.9. The minimum atomic E-state index is -0.412. The Kier molecular flexibility index (Phi) is 8.16. The molecule has 0 unspecified atom stereocenters. The Balaban J connectivity index is 1.45. The quantitative estimate of drug-likeness (QED) is 0.341. The SMILES string of the molecule is CCOC(=O)c1ccc(NC(=O)CSc2nnc(COc3ccc(Cl)cc3Cl)o2)cc1. The summed E-state index contributed by atoms with van der Waals surface area (Å²) in [5, 5.41) is 11.6. The third kappa shape index (κ3) is 6.88. The number of ether oxygens (including phenoxy) is 2. The average molecular weight is 482 g/mol. The van der Waals surface area contributed by atoms with E-state index in [-0.39, 0.29) is 29.4 Å². The molecule has 0 spiro atoms. The van der Waals surface area contributed by atoms with E-state index < -0.39 is 5.97 Å². The Morgan fingerprint density at radius 3 is 2.61 bits per heavy atom. The lowest BCUT2D eigenvalue weighted by Crippen LogP contribution is -2.14. The van der Waals surface area contributed by atoms with Crippen LogP contribution in [0.3, 0.4) is 0 Å². The van der Waals surface area contributed by atoms with E-state index in [0.29, 0.717) is 33.7 Å². The van der Waals surface area contributed by atoms with Crippen molar-refractivity contribution in [3.8, 4) is 5.75 Å². The van der Waals surface area contributed by atoms with Gasteiger partial charge in [-0.1, -0.05) is 35.0 Å². The maximum atomic E-state index is 12.1. The number of thioether (sulfide) groups is 1. The average Bonchev–Trinajstić information content (AvgIpc) is 3.20. The molecule has 0 bridgehead atoms. The lowest BCUT2D eigenvalue weighted by Gasteiger charge is -2.06. The molecular weight excluding hydrogens is 465 g/mol. The number of aromatic nitrogens is 2. The minimum absolute atomic E-state index is 0.0217. The van der Waals surface area contributed by atoms with Gasteiger partial charge in [0.05, 0.1) is 22.9 Å². The monoisotopic (exact) mass is 481 g/mol. The molecule has 0 atom stereocenters. The second kappa shape index (κ2) is 11.0. The number of esters is 1. The number of nitrogens with one attached hydrogen (secondary N) is 1. The molecule has 162 valence electrons. The zero-order chi connectivity index (χ0) is 22.2. The van der Waals surface area contributed by atoms with Gasteiger partial charge in [-0.3, -0.25) is 4.79 Å². The van der Waals surface area contributed by atoms with Crippen LogP contribution in [0.2, 0.25) is 10.0 Å². The summed E-state index contributed by atoms with van der Waals surface area (Å²) in [5.41, 5.74) is 0.966. The van der Waals surface area contributed by atoms with Gasteiger partial charge in [0.2, 0.25) is 5.91 Å². The summed E-state index contributed by atoms with van der Waals surface area (Å²) >= 11 is 13.0. The van der Waals surface area contributed by atoms with Gasteiger partial charge in [-0.15, -0.1) is 10.2 Å². The summed E-state index contributed by atoms with van der Waals surface area (Å²) < 4.78 is 15.9. The lowest BCUT2D eigenvalue weighted by molar-refractivity contribution is -0.113. The Morgan fingerprint density at radius 2 is 1.90 bits per heavy atom. The number of hydrogen-bond donors (Lipinski definition) is 1. The molecular formula is C20H17Cl2N3O5S. The van der Waals surface area contributed by atoms with E-state index in [1.165, 1.54) is 0 Å². The number of carbonyl (C=O) groups excluding carboxylic acids is 2. The number of hydrogen-bond acceptors (Lipinski definition) is 8. The maximum absolute atomic E-state index is 12.1. The van der Waals surface area contributed by atoms with Crippen molar-refractivity contribution < 1.29 is 23.5 Å². The summed E-state index contributed by atoms with van der Waals surface area (Å²) in [5.74, 6) is 0.0593. The van der Waals surface area contributed by atoms with E-state index in [2.05, 4.69) is 15.5 Å². The summed E-state index contributed by atoms with van der Waals surface area (Å²) in [6.45, 7) is 2.06. The molecule has 8 nitrogen and oxygen atoms in total. The van der Waals surface area contributed by atoms with Crippen molar-refractivity contribution in [2.45, 2.75) is 18.8 Å². The molecule has 2 aromatic carbocycles. The highest BCUT2D eigenvalue weighted by Gasteiger charge is 2.12. The smallest absolute Gasteiger partial charge is 0.338 e.